The Morgan fingerprint density at radius 2 is 2.06 bits per heavy atom. The van der Waals surface area contributed by atoms with Crippen LogP contribution in [0.2, 0.25) is 0 Å². The summed E-state index contributed by atoms with van der Waals surface area (Å²) < 4.78 is 6.12. The predicted octanol–water partition coefficient (Wildman–Crippen LogP) is 2.97. The molecule has 2 fully saturated rings. The first-order chi connectivity index (χ1) is 7.41. The Bertz CT molecular complexity index is 236. The van der Waals surface area contributed by atoms with E-state index in [1.807, 2.05) is 0 Å². The Balaban J connectivity index is 1.93. The molecule has 2 nitrogen and oxygen atoms in total. The van der Waals surface area contributed by atoms with Crippen molar-refractivity contribution >= 4 is 0 Å². The lowest BCUT2D eigenvalue weighted by molar-refractivity contribution is -0.0927. The van der Waals surface area contributed by atoms with E-state index in [9.17, 15) is 0 Å². The molecule has 16 heavy (non-hydrogen) atoms. The van der Waals surface area contributed by atoms with Crippen LogP contribution < -0.4 is 5.32 Å². The van der Waals surface area contributed by atoms with Gasteiger partial charge in [-0.05, 0) is 24.2 Å². The highest BCUT2D eigenvalue weighted by atomic mass is 16.5. The SMILES string of the molecule is CC1CCCC2(COC(C(C)(C)C)CN2)C1. The lowest BCUT2D eigenvalue weighted by atomic mass is 9.75. The predicted molar refractivity (Wildman–Crippen MR) is 67.6 cm³/mol. The number of ether oxygens (including phenoxy) is 1. The molecule has 1 aliphatic heterocycles. The van der Waals surface area contributed by atoms with E-state index in [-0.39, 0.29) is 5.41 Å². The average Bonchev–Trinajstić information content (AvgIpc) is 2.16. The summed E-state index contributed by atoms with van der Waals surface area (Å²) >= 11 is 0. The molecule has 0 aromatic rings. The summed E-state index contributed by atoms with van der Waals surface area (Å²) in [6, 6.07) is 0. The molecule has 0 amide bonds. The van der Waals surface area contributed by atoms with Crippen LogP contribution >= 0.6 is 0 Å². The topological polar surface area (TPSA) is 21.3 Å². The van der Waals surface area contributed by atoms with Crippen molar-refractivity contribution in [1.29, 1.82) is 0 Å². The van der Waals surface area contributed by atoms with Gasteiger partial charge in [-0.25, -0.2) is 0 Å². The number of rotatable bonds is 0. The molecule has 0 radical (unpaired) electrons. The molecule has 0 bridgehead atoms. The highest BCUT2D eigenvalue weighted by molar-refractivity contribution is 4.97. The van der Waals surface area contributed by atoms with Crippen LogP contribution in [0.5, 0.6) is 0 Å². The van der Waals surface area contributed by atoms with Gasteiger partial charge in [-0.15, -0.1) is 0 Å². The van der Waals surface area contributed by atoms with Gasteiger partial charge in [0, 0.05) is 12.1 Å². The van der Waals surface area contributed by atoms with Crippen LogP contribution in [0.3, 0.4) is 0 Å². The fourth-order valence-corrected chi connectivity index (χ4v) is 3.19. The molecule has 3 atom stereocenters. The van der Waals surface area contributed by atoms with Gasteiger partial charge >= 0.3 is 0 Å². The lowest BCUT2D eigenvalue weighted by Crippen LogP contribution is -2.60. The van der Waals surface area contributed by atoms with Crippen LogP contribution in [0.1, 0.15) is 53.4 Å². The second kappa shape index (κ2) is 4.30. The zero-order chi connectivity index (χ0) is 11.8. The third-order valence-electron chi connectivity index (χ3n) is 4.28. The van der Waals surface area contributed by atoms with Gasteiger partial charge in [0.05, 0.1) is 12.7 Å². The van der Waals surface area contributed by atoms with Crippen molar-refractivity contribution in [2.45, 2.75) is 65.0 Å². The normalized spacial score (nSPS) is 41.2. The van der Waals surface area contributed by atoms with Crippen molar-refractivity contribution in [3.05, 3.63) is 0 Å². The molecule has 0 aromatic heterocycles. The van der Waals surface area contributed by atoms with Crippen LogP contribution in [0, 0.1) is 11.3 Å². The molecular formula is C14H27NO. The molecule has 1 aliphatic carbocycles. The smallest absolute Gasteiger partial charge is 0.0748 e. The summed E-state index contributed by atoms with van der Waals surface area (Å²) in [5.74, 6) is 0.857. The molecule has 1 saturated carbocycles. The van der Waals surface area contributed by atoms with Crippen LogP contribution in [0.15, 0.2) is 0 Å². The fourth-order valence-electron chi connectivity index (χ4n) is 3.19. The minimum atomic E-state index is 0.259. The van der Waals surface area contributed by atoms with Gasteiger partial charge in [0.2, 0.25) is 0 Å². The van der Waals surface area contributed by atoms with Gasteiger partial charge in [0.1, 0.15) is 0 Å². The van der Waals surface area contributed by atoms with Gasteiger partial charge in [0.25, 0.3) is 0 Å². The monoisotopic (exact) mass is 225 g/mol. The van der Waals surface area contributed by atoms with E-state index in [1.165, 1.54) is 25.7 Å². The Morgan fingerprint density at radius 1 is 1.31 bits per heavy atom. The van der Waals surface area contributed by atoms with Crippen LogP contribution in [-0.4, -0.2) is 24.8 Å². The summed E-state index contributed by atoms with van der Waals surface area (Å²) in [6.07, 6.45) is 5.72. The molecule has 2 heteroatoms. The summed E-state index contributed by atoms with van der Waals surface area (Å²) in [5.41, 5.74) is 0.564. The zero-order valence-electron chi connectivity index (χ0n) is 11.3. The van der Waals surface area contributed by atoms with E-state index < -0.39 is 0 Å². The maximum Gasteiger partial charge on any atom is 0.0748 e. The average molecular weight is 225 g/mol. The van der Waals surface area contributed by atoms with Crippen LogP contribution in [0.4, 0.5) is 0 Å². The quantitative estimate of drug-likeness (QED) is 0.684. The molecule has 3 unspecified atom stereocenters. The van der Waals surface area contributed by atoms with E-state index >= 15 is 0 Å². The van der Waals surface area contributed by atoms with Gasteiger partial charge in [-0.1, -0.05) is 40.5 Å². The largest absolute Gasteiger partial charge is 0.374 e. The zero-order valence-corrected chi connectivity index (χ0v) is 11.3. The summed E-state index contributed by atoms with van der Waals surface area (Å²) in [7, 11) is 0. The van der Waals surface area contributed by atoms with E-state index in [0.717, 1.165) is 19.1 Å². The molecule has 1 N–H and O–H groups in total. The molecule has 1 saturated heterocycles. The van der Waals surface area contributed by atoms with Gasteiger partial charge in [0.15, 0.2) is 0 Å². The standard InChI is InChI=1S/C14H27NO/c1-11-6-5-7-14(8-11)10-16-12(9-15-14)13(2,3)4/h11-12,15H,5-10H2,1-4H3. The van der Waals surface area contributed by atoms with Crippen molar-refractivity contribution in [3.63, 3.8) is 0 Å². The Kier molecular flexibility index (Phi) is 3.33. The Hall–Kier alpha value is -0.0800. The summed E-state index contributed by atoms with van der Waals surface area (Å²) in [5, 5.41) is 3.80. The van der Waals surface area contributed by atoms with E-state index in [1.54, 1.807) is 0 Å². The third kappa shape index (κ3) is 2.60. The number of hydrogen-bond acceptors (Lipinski definition) is 2. The molecule has 1 heterocycles. The van der Waals surface area contributed by atoms with E-state index in [0.29, 0.717) is 11.6 Å². The van der Waals surface area contributed by atoms with E-state index in [2.05, 4.69) is 33.0 Å². The van der Waals surface area contributed by atoms with Crippen LogP contribution in [0.25, 0.3) is 0 Å². The molecule has 2 rings (SSSR count). The second-order valence-corrected chi connectivity index (χ2v) is 7.03. The minimum absolute atomic E-state index is 0.259. The third-order valence-corrected chi connectivity index (χ3v) is 4.28. The van der Waals surface area contributed by atoms with Crippen LogP contribution in [-0.2, 0) is 4.74 Å². The second-order valence-electron chi connectivity index (χ2n) is 7.03. The van der Waals surface area contributed by atoms with E-state index in [4.69, 9.17) is 4.74 Å². The van der Waals surface area contributed by atoms with Gasteiger partial charge in [-0.3, -0.25) is 0 Å². The van der Waals surface area contributed by atoms with Crippen molar-refractivity contribution in [2.75, 3.05) is 13.2 Å². The number of hydrogen-bond donors (Lipinski definition) is 1. The van der Waals surface area contributed by atoms with Gasteiger partial charge < -0.3 is 10.1 Å². The minimum Gasteiger partial charge on any atom is -0.374 e. The molecule has 2 aliphatic rings. The first kappa shape index (κ1) is 12.4. The lowest BCUT2D eigenvalue weighted by Gasteiger charge is -2.48. The summed E-state index contributed by atoms with van der Waals surface area (Å²) in [6.45, 7) is 11.1. The Morgan fingerprint density at radius 3 is 2.56 bits per heavy atom. The first-order valence-electron chi connectivity index (χ1n) is 6.78. The van der Waals surface area contributed by atoms with Crippen molar-refractivity contribution in [1.82, 2.24) is 5.32 Å². The Labute approximate surface area is 100 Å². The fraction of sp³-hybridized carbons (Fsp3) is 1.00. The number of nitrogens with one attached hydrogen (secondary N) is 1. The van der Waals surface area contributed by atoms with Crippen molar-refractivity contribution in [3.8, 4) is 0 Å². The van der Waals surface area contributed by atoms with Crippen molar-refractivity contribution < 1.29 is 4.74 Å². The maximum absolute atomic E-state index is 6.12. The van der Waals surface area contributed by atoms with Crippen molar-refractivity contribution in [2.24, 2.45) is 11.3 Å². The maximum atomic E-state index is 6.12. The summed E-state index contributed by atoms with van der Waals surface area (Å²) in [4.78, 5) is 0. The van der Waals surface area contributed by atoms with Gasteiger partial charge in [-0.2, -0.15) is 0 Å². The molecular weight excluding hydrogens is 198 g/mol. The molecule has 0 aromatic carbocycles. The highest BCUT2D eigenvalue weighted by Gasteiger charge is 2.41. The first-order valence-corrected chi connectivity index (χ1v) is 6.78. The number of morpholine rings is 1. The molecule has 94 valence electrons. The highest BCUT2D eigenvalue weighted by Crippen LogP contribution is 2.36. The molecule has 1 spiro atoms.